The molecule has 242 valence electrons. The molecule has 8 rings (SSSR count). The van der Waals surface area contributed by atoms with Crippen molar-refractivity contribution >= 4 is 23.4 Å². The minimum atomic E-state index is -3.47. The first-order chi connectivity index (χ1) is 22.7. The Labute approximate surface area is 269 Å². The van der Waals surface area contributed by atoms with Gasteiger partial charge >= 0.3 is 6.16 Å². The molecule has 2 aromatic heterocycles. The van der Waals surface area contributed by atoms with Crippen molar-refractivity contribution in [3.8, 4) is 27.3 Å². The van der Waals surface area contributed by atoms with Crippen molar-refractivity contribution in [2.24, 2.45) is 0 Å². The Morgan fingerprint density at radius 1 is 1.09 bits per heavy atom. The van der Waals surface area contributed by atoms with Gasteiger partial charge in [0.2, 0.25) is 18.0 Å². The van der Waals surface area contributed by atoms with Crippen molar-refractivity contribution in [1.29, 1.82) is 0 Å². The second-order valence-corrected chi connectivity index (χ2v) is 12.3. The number of halogens is 3. The Balaban J connectivity index is 1.38. The van der Waals surface area contributed by atoms with E-state index >= 15 is 13.2 Å². The number of pyridine rings is 1. The Kier molecular flexibility index (Phi) is 6.84. The molecule has 4 aromatic rings. The van der Waals surface area contributed by atoms with Crippen LogP contribution in [0.25, 0.3) is 21.6 Å². The van der Waals surface area contributed by atoms with Crippen molar-refractivity contribution in [3.05, 3.63) is 98.0 Å². The van der Waals surface area contributed by atoms with Gasteiger partial charge in [0.25, 0.3) is 11.8 Å². The van der Waals surface area contributed by atoms with Gasteiger partial charge in [-0.15, -0.1) is 11.3 Å². The Hall–Kier alpha value is -4.82. The number of thiophene rings is 1. The normalized spacial score (nSPS) is 20.0. The molecule has 4 aliphatic rings. The van der Waals surface area contributed by atoms with Crippen LogP contribution < -0.4 is 15.2 Å². The molecule has 4 heterocycles. The molecule has 1 saturated heterocycles. The Morgan fingerprint density at radius 3 is 2.74 bits per heavy atom. The highest BCUT2D eigenvalue weighted by atomic mass is 32.1. The van der Waals surface area contributed by atoms with Gasteiger partial charge in [-0.05, 0) is 40.6 Å². The number of rotatable bonds is 5. The molecule has 0 radical (unpaired) electrons. The molecule has 47 heavy (non-hydrogen) atoms. The van der Waals surface area contributed by atoms with Crippen LogP contribution in [-0.2, 0) is 26.6 Å². The number of alkyl halides is 2. The van der Waals surface area contributed by atoms with Crippen LogP contribution in [0.15, 0.2) is 58.8 Å². The number of benzene rings is 2. The van der Waals surface area contributed by atoms with E-state index in [0.29, 0.717) is 16.7 Å². The number of amides is 1. The number of carbonyl (C=O) groups is 2. The largest absolute Gasteiger partial charge is 0.511 e. The molecule has 2 aliphatic heterocycles. The first-order valence-electron chi connectivity index (χ1n) is 15.0. The molecule has 1 amide bonds. The average molecular weight is 666 g/mol. The predicted molar refractivity (Wildman–Crippen MR) is 163 cm³/mol. The predicted octanol–water partition coefficient (Wildman–Crippen LogP) is 5.39. The van der Waals surface area contributed by atoms with Gasteiger partial charge in [0.15, 0.2) is 5.69 Å². The van der Waals surface area contributed by atoms with E-state index in [2.05, 4.69) is 0 Å². The molecule has 1 fully saturated rings. The molecular formula is C33H26F3N3O7S. The highest BCUT2D eigenvalue weighted by Crippen LogP contribution is 2.58. The first kappa shape index (κ1) is 29.6. The van der Waals surface area contributed by atoms with Crippen molar-refractivity contribution in [2.75, 3.05) is 38.2 Å². The lowest BCUT2D eigenvalue weighted by Gasteiger charge is -2.51. The van der Waals surface area contributed by atoms with Gasteiger partial charge in [0.05, 0.1) is 31.4 Å². The van der Waals surface area contributed by atoms with E-state index in [1.165, 1.54) is 39.2 Å². The third-order valence-electron chi connectivity index (χ3n) is 8.94. The van der Waals surface area contributed by atoms with Crippen molar-refractivity contribution < 1.29 is 41.7 Å². The number of carbonyl (C=O) groups excluding carboxylic acids is 2. The maximum absolute atomic E-state index is 15.8. The fourth-order valence-electron chi connectivity index (χ4n) is 7.12. The van der Waals surface area contributed by atoms with Crippen LogP contribution in [0.3, 0.4) is 0 Å². The zero-order chi connectivity index (χ0) is 32.6. The standard InChI is InChI=1S/C33H26F3N3O7S/c1-2-44-32(42)46-16-45-29-22(40)9-10-38-28(29)31(41)37-11-12-43-14-23(37)39(38)27-18-5-3-4-6-19(18)30-24-17(15-47-30)13-33(35,36)26-21(34)8-7-20(27)25(24)26/h3-10,15,23,27H,2,11-14,16H2,1H3. The highest BCUT2D eigenvalue weighted by Gasteiger charge is 2.50. The van der Waals surface area contributed by atoms with E-state index in [9.17, 15) is 14.4 Å². The maximum atomic E-state index is 15.8. The van der Waals surface area contributed by atoms with Gasteiger partial charge in [-0.1, -0.05) is 30.3 Å². The molecule has 2 aromatic carbocycles. The molecule has 0 spiro atoms. The van der Waals surface area contributed by atoms with E-state index < -0.39 is 60.2 Å². The quantitative estimate of drug-likeness (QED) is 0.207. The zero-order valence-corrected chi connectivity index (χ0v) is 25.7. The van der Waals surface area contributed by atoms with Crippen molar-refractivity contribution in [2.45, 2.75) is 31.5 Å². The van der Waals surface area contributed by atoms with Crippen LogP contribution in [0.5, 0.6) is 5.75 Å². The molecule has 0 saturated carbocycles. The monoisotopic (exact) mass is 665 g/mol. The second kappa shape index (κ2) is 10.9. The van der Waals surface area contributed by atoms with Gasteiger partial charge in [-0.3, -0.25) is 19.3 Å². The minimum absolute atomic E-state index is 0.0596. The lowest BCUT2D eigenvalue weighted by Crippen LogP contribution is -2.66. The van der Waals surface area contributed by atoms with Gasteiger partial charge in [0.1, 0.15) is 12.0 Å². The van der Waals surface area contributed by atoms with Crippen LogP contribution in [0.2, 0.25) is 0 Å². The lowest BCUT2D eigenvalue weighted by molar-refractivity contribution is -0.0210. The van der Waals surface area contributed by atoms with Crippen LogP contribution >= 0.6 is 11.3 Å². The van der Waals surface area contributed by atoms with Crippen LogP contribution in [0, 0.1) is 5.82 Å². The SMILES string of the molecule is CCOC(=O)OCOc1c2n(ccc1=O)N(C1c3ccccc3-c3scc4c3-c3c1ccc(F)c3C(F)(F)C4)C1COCCN1C2=O. The third kappa shape index (κ3) is 4.38. The van der Waals surface area contributed by atoms with E-state index in [-0.39, 0.29) is 43.4 Å². The summed E-state index contributed by atoms with van der Waals surface area (Å²) in [5, 5.41) is 3.51. The van der Waals surface area contributed by atoms with Gasteiger partial charge < -0.3 is 23.8 Å². The third-order valence-corrected chi connectivity index (χ3v) is 10.0. The average Bonchev–Trinajstić information content (AvgIpc) is 3.42. The molecule has 2 aliphatic carbocycles. The van der Waals surface area contributed by atoms with E-state index in [0.717, 1.165) is 22.1 Å². The summed E-state index contributed by atoms with van der Waals surface area (Å²) in [4.78, 5) is 41.4. The summed E-state index contributed by atoms with van der Waals surface area (Å²) in [7, 11) is 0. The van der Waals surface area contributed by atoms with Gasteiger partial charge in [-0.2, -0.15) is 0 Å². The van der Waals surface area contributed by atoms with E-state index in [1.54, 1.807) is 17.3 Å². The summed E-state index contributed by atoms with van der Waals surface area (Å²) in [6, 6.07) is 10.4. The van der Waals surface area contributed by atoms with Gasteiger partial charge in [-0.25, -0.2) is 18.0 Å². The van der Waals surface area contributed by atoms with E-state index in [4.69, 9.17) is 18.9 Å². The molecule has 2 atom stereocenters. The fraction of sp³-hybridized carbons (Fsp3) is 0.303. The number of morpholine rings is 1. The van der Waals surface area contributed by atoms with Gasteiger partial charge in [0, 0.05) is 41.2 Å². The molecule has 14 heteroatoms. The van der Waals surface area contributed by atoms with Crippen LogP contribution in [0.4, 0.5) is 18.0 Å². The Bertz CT molecular complexity index is 2030. The lowest BCUT2D eigenvalue weighted by atomic mass is 9.80. The summed E-state index contributed by atoms with van der Waals surface area (Å²) in [5.74, 6) is -5.37. The number of aromatic nitrogens is 1. The fourth-order valence-corrected chi connectivity index (χ4v) is 8.25. The van der Waals surface area contributed by atoms with E-state index in [1.807, 2.05) is 24.3 Å². The zero-order valence-electron chi connectivity index (χ0n) is 24.8. The van der Waals surface area contributed by atoms with Crippen molar-refractivity contribution in [3.63, 3.8) is 0 Å². The number of fused-ring (bicyclic) bond motifs is 4. The molecule has 0 N–H and O–H groups in total. The molecule has 0 bridgehead atoms. The number of hydrogen-bond acceptors (Lipinski definition) is 9. The first-order valence-corrected chi connectivity index (χ1v) is 15.8. The topological polar surface area (TPSA) is 99.5 Å². The smallest absolute Gasteiger partial charge is 0.451 e. The van der Waals surface area contributed by atoms with Crippen molar-refractivity contribution in [1.82, 2.24) is 9.58 Å². The van der Waals surface area contributed by atoms with Crippen LogP contribution in [-0.4, -0.2) is 61.0 Å². The molecule has 2 unspecified atom stereocenters. The molecule has 10 nitrogen and oxygen atoms in total. The number of nitrogens with zero attached hydrogens (tertiary/aromatic N) is 3. The summed E-state index contributed by atoms with van der Waals surface area (Å²) in [5.41, 5.74) is 1.58. The number of ether oxygens (including phenoxy) is 4. The second-order valence-electron chi connectivity index (χ2n) is 11.4. The molecular weight excluding hydrogens is 639 g/mol. The minimum Gasteiger partial charge on any atom is -0.451 e. The maximum Gasteiger partial charge on any atom is 0.511 e. The summed E-state index contributed by atoms with van der Waals surface area (Å²) < 4.78 is 69.8. The number of hydrogen-bond donors (Lipinski definition) is 0. The Morgan fingerprint density at radius 2 is 1.91 bits per heavy atom. The summed E-state index contributed by atoms with van der Waals surface area (Å²) in [6.07, 6.45) is -0.980. The highest BCUT2D eigenvalue weighted by molar-refractivity contribution is 7.14. The van der Waals surface area contributed by atoms with Crippen LogP contribution in [0.1, 0.15) is 45.7 Å². The summed E-state index contributed by atoms with van der Waals surface area (Å²) >= 11 is 1.33. The summed E-state index contributed by atoms with van der Waals surface area (Å²) in [6.45, 7) is 1.39.